The Morgan fingerprint density at radius 2 is 2.00 bits per heavy atom. The number of nitrogens with zero attached hydrogens (tertiary/aromatic N) is 2. The van der Waals surface area contributed by atoms with Crippen LogP contribution in [0.1, 0.15) is 10.4 Å². The minimum atomic E-state index is 1.15. The Labute approximate surface area is 90.1 Å². The summed E-state index contributed by atoms with van der Waals surface area (Å²) in [4.78, 5) is 6.45. The summed E-state index contributed by atoms with van der Waals surface area (Å²) in [6.45, 7) is 8.17. The Balaban J connectivity index is 1.86. The van der Waals surface area contributed by atoms with Crippen LogP contribution < -0.4 is 0 Å². The standard InChI is InChI=1S/C11H18N2S/c1-10-7-11(14-9-10)8-13-5-3-12(2)4-6-13/h7,9H,3-6,8H2,1-2H3. The maximum Gasteiger partial charge on any atom is 0.0329 e. The Kier molecular flexibility index (Phi) is 3.21. The van der Waals surface area contributed by atoms with Gasteiger partial charge in [0.2, 0.25) is 0 Å². The molecule has 1 aliphatic heterocycles. The molecule has 14 heavy (non-hydrogen) atoms. The normalized spacial score (nSPS) is 20.1. The second-order valence-electron chi connectivity index (χ2n) is 4.17. The lowest BCUT2D eigenvalue weighted by Crippen LogP contribution is -2.43. The molecule has 1 saturated heterocycles. The zero-order chi connectivity index (χ0) is 9.97. The summed E-state index contributed by atoms with van der Waals surface area (Å²) in [5.41, 5.74) is 1.40. The topological polar surface area (TPSA) is 6.48 Å². The van der Waals surface area contributed by atoms with Gasteiger partial charge >= 0.3 is 0 Å². The SMILES string of the molecule is Cc1csc(CN2CCN(C)CC2)c1. The molecule has 0 amide bonds. The van der Waals surface area contributed by atoms with E-state index in [-0.39, 0.29) is 0 Å². The zero-order valence-corrected chi connectivity index (χ0v) is 9.81. The van der Waals surface area contributed by atoms with Crippen molar-refractivity contribution < 1.29 is 0 Å². The van der Waals surface area contributed by atoms with Gasteiger partial charge in [-0.3, -0.25) is 4.90 Å². The molecule has 1 aromatic rings. The molecular weight excluding hydrogens is 192 g/mol. The van der Waals surface area contributed by atoms with Crippen molar-refractivity contribution in [2.45, 2.75) is 13.5 Å². The maximum atomic E-state index is 2.55. The minimum absolute atomic E-state index is 1.15. The van der Waals surface area contributed by atoms with Crippen LogP contribution in [0.5, 0.6) is 0 Å². The lowest BCUT2D eigenvalue weighted by atomic mass is 10.3. The van der Waals surface area contributed by atoms with Crippen molar-refractivity contribution in [3.63, 3.8) is 0 Å². The smallest absolute Gasteiger partial charge is 0.0329 e. The average Bonchev–Trinajstić information content (AvgIpc) is 2.56. The van der Waals surface area contributed by atoms with Crippen LogP contribution >= 0.6 is 11.3 Å². The summed E-state index contributed by atoms with van der Waals surface area (Å²) in [6.07, 6.45) is 0. The summed E-state index contributed by atoms with van der Waals surface area (Å²) >= 11 is 1.89. The molecule has 78 valence electrons. The summed E-state index contributed by atoms with van der Waals surface area (Å²) in [7, 11) is 2.20. The second-order valence-corrected chi connectivity index (χ2v) is 5.17. The second kappa shape index (κ2) is 4.43. The van der Waals surface area contributed by atoms with Gasteiger partial charge in [0, 0.05) is 37.6 Å². The summed E-state index contributed by atoms with van der Waals surface area (Å²) in [6, 6.07) is 2.31. The van der Waals surface area contributed by atoms with Gasteiger partial charge in [0.1, 0.15) is 0 Å². The van der Waals surface area contributed by atoms with E-state index in [0.717, 1.165) is 6.54 Å². The van der Waals surface area contributed by atoms with Gasteiger partial charge in [0.25, 0.3) is 0 Å². The highest BCUT2D eigenvalue weighted by Gasteiger charge is 2.14. The molecule has 3 heteroatoms. The zero-order valence-electron chi connectivity index (χ0n) is 8.99. The summed E-state index contributed by atoms with van der Waals surface area (Å²) < 4.78 is 0. The minimum Gasteiger partial charge on any atom is -0.304 e. The fraction of sp³-hybridized carbons (Fsp3) is 0.636. The molecule has 0 N–H and O–H groups in total. The third-order valence-corrected chi connectivity index (χ3v) is 3.80. The molecule has 1 fully saturated rings. The Bertz CT molecular complexity index is 287. The van der Waals surface area contributed by atoms with Gasteiger partial charge in [-0.2, -0.15) is 0 Å². The van der Waals surface area contributed by atoms with Crippen LogP contribution in [0.25, 0.3) is 0 Å². The third kappa shape index (κ3) is 2.56. The van der Waals surface area contributed by atoms with Crippen LogP contribution in [0.3, 0.4) is 0 Å². The largest absolute Gasteiger partial charge is 0.304 e. The van der Waals surface area contributed by atoms with E-state index >= 15 is 0 Å². The van der Waals surface area contributed by atoms with Gasteiger partial charge in [0.05, 0.1) is 0 Å². The van der Waals surface area contributed by atoms with Gasteiger partial charge < -0.3 is 4.90 Å². The highest BCUT2D eigenvalue weighted by molar-refractivity contribution is 7.10. The van der Waals surface area contributed by atoms with Gasteiger partial charge in [-0.15, -0.1) is 11.3 Å². The van der Waals surface area contributed by atoms with Crippen molar-refractivity contribution in [3.05, 3.63) is 21.9 Å². The van der Waals surface area contributed by atoms with Crippen LogP contribution in [-0.2, 0) is 6.54 Å². The van der Waals surface area contributed by atoms with E-state index in [4.69, 9.17) is 0 Å². The first-order chi connectivity index (χ1) is 6.74. The first-order valence-corrected chi connectivity index (χ1v) is 6.07. The molecule has 2 heterocycles. The van der Waals surface area contributed by atoms with E-state index in [0.29, 0.717) is 0 Å². The van der Waals surface area contributed by atoms with Crippen LogP contribution in [-0.4, -0.2) is 43.0 Å². The van der Waals surface area contributed by atoms with E-state index in [1.807, 2.05) is 11.3 Å². The predicted octanol–water partition coefficient (Wildman–Crippen LogP) is 1.80. The van der Waals surface area contributed by atoms with E-state index in [1.165, 1.54) is 36.6 Å². The lowest BCUT2D eigenvalue weighted by molar-refractivity contribution is 0.149. The number of likely N-dealkylation sites (N-methyl/N-ethyl adjacent to an activating group) is 1. The predicted molar refractivity (Wildman–Crippen MR) is 61.8 cm³/mol. The quantitative estimate of drug-likeness (QED) is 0.734. The van der Waals surface area contributed by atoms with Gasteiger partial charge in [-0.25, -0.2) is 0 Å². The van der Waals surface area contributed by atoms with Crippen molar-refractivity contribution in [1.82, 2.24) is 9.80 Å². The van der Waals surface area contributed by atoms with Crippen molar-refractivity contribution in [2.24, 2.45) is 0 Å². The Hall–Kier alpha value is -0.380. The maximum absolute atomic E-state index is 2.55. The molecular formula is C11H18N2S. The Morgan fingerprint density at radius 3 is 2.57 bits per heavy atom. The van der Waals surface area contributed by atoms with Crippen LogP contribution in [0.2, 0.25) is 0 Å². The van der Waals surface area contributed by atoms with Crippen molar-refractivity contribution in [3.8, 4) is 0 Å². The monoisotopic (exact) mass is 210 g/mol. The number of hydrogen-bond acceptors (Lipinski definition) is 3. The van der Waals surface area contributed by atoms with Crippen LogP contribution in [0, 0.1) is 6.92 Å². The third-order valence-electron chi connectivity index (χ3n) is 2.76. The molecule has 2 nitrogen and oxygen atoms in total. The fourth-order valence-electron chi connectivity index (χ4n) is 1.80. The van der Waals surface area contributed by atoms with Gasteiger partial charge in [0.15, 0.2) is 0 Å². The number of piperazine rings is 1. The first kappa shape index (κ1) is 10.1. The molecule has 0 unspecified atom stereocenters. The van der Waals surface area contributed by atoms with E-state index in [1.54, 1.807) is 0 Å². The van der Waals surface area contributed by atoms with Crippen molar-refractivity contribution >= 4 is 11.3 Å². The average molecular weight is 210 g/mol. The molecule has 1 aromatic heterocycles. The lowest BCUT2D eigenvalue weighted by Gasteiger charge is -2.31. The van der Waals surface area contributed by atoms with Crippen molar-refractivity contribution in [2.75, 3.05) is 33.2 Å². The highest BCUT2D eigenvalue weighted by atomic mass is 32.1. The van der Waals surface area contributed by atoms with E-state index < -0.39 is 0 Å². The first-order valence-electron chi connectivity index (χ1n) is 5.19. The molecule has 0 spiro atoms. The van der Waals surface area contributed by atoms with E-state index in [9.17, 15) is 0 Å². The number of hydrogen-bond donors (Lipinski definition) is 0. The summed E-state index contributed by atoms with van der Waals surface area (Å²) in [5, 5.41) is 2.24. The fourth-order valence-corrected chi connectivity index (χ4v) is 2.72. The molecule has 0 atom stereocenters. The molecule has 2 rings (SSSR count). The Morgan fingerprint density at radius 1 is 1.29 bits per heavy atom. The highest BCUT2D eigenvalue weighted by Crippen LogP contribution is 2.16. The number of aryl methyl sites for hydroxylation is 1. The van der Waals surface area contributed by atoms with Crippen molar-refractivity contribution in [1.29, 1.82) is 0 Å². The van der Waals surface area contributed by atoms with Crippen LogP contribution in [0.15, 0.2) is 11.4 Å². The molecule has 0 bridgehead atoms. The molecule has 0 radical (unpaired) electrons. The van der Waals surface area contributed by atoms with Gasteiger partial charge in [-0.1, -0.05) is 0 Å². The summed E-state index contributed by atoms with van der Waals surface area (Å²) in [5.74, 6) is 0. The number of rotatable bonds is 2. The number of thiophene rings is 1. The molecule has 1 aliphatic rings. The van der Waals surface area contributed by atoms with Gasteiger partial charge in [-0.05, 0) is 31.0 Å². The molecule has 0 aromatic carbocycles. The van der Waals surface area contributed by atoms with E-state index in [2.05, 4.69) is 35.2 Å². The van der Waals surface area contributed by atoms with Crippen LogP contribution in [0.4, 0.5) is 0 Å². The molecule has 0 saturated carbocycles. The molecule has 0 aliphatic carbocycles.